The first kappa shape index (κ1) is 12.0. The highest BCUT2D eigenvalue weighted by Crippen LogP contribution is 2.18. The smallest absolute Gasteiger partial charge is 0.338 e. The molecule has 15 heavy (non-hydrogen) atoms. The summed E-state index contributed by atoms with van der Waals surface area (Å²) in [6.07, 6.45) is 0.710. The second kappa shape index (κ2) is 5.73. The van der Waals surface area contributed by atoms with Gasteiger partial charge in [0.2, 0.25) is 0 Å². The summed E-state index contributed by atoms with van der Waals surface area (Å²) in [5.74, 6) is -0.348. The summed E-state index contributed by atoms with van der Waals surface area (Å²) in [4.78, 5) is 11.4. The van der Waals surface area contributed by atoms with Gasteiger partial charge in [-0.2, -0.15) is 0 Å². The van der Waals surface area contributed by atoms with Crippen LogP contribution in [0.25, 0.3) is 0 Å². The minimum Gasteiger partial charge on any atom is -0.462 e. The molecule has 1 aromatic rings. The van der Waals surface area contributed by atoms with E-state index in [1.807, 2.05) is 0 Å². The maximum atomic E-state index is 11.4. The molecule has 0 aliphatic heterocycles. The molecule has 0 atom stereocenters. The van der Waals surface area contributed by atoms with E-state index >= 15 is 0 Å². The predicted octanol–water partition coefficient (Wildman–Crippen LogP) is 2.02. The first-order chi connectivity index (χ1) is 7.19. The number of esters is 1. The van der Waals surface area contributed by atoms with Crippen LogP contribution >= 0.6 is 11.6 Å². The number of halogens is 1. The van der Waals surface area contributed by atoms with Crippen molar-refractivity contribution in [3.63, 3.8) is 0 Å². The molecule has 0 aliphatic rings. The average Bonchev–Trinajstić information content (AvgIpc) is 2.21. The number of benzene rings is 1. The molecule has 0 saturated heterocycles. The van der Waals surface area contributed by atoms with E-state index in [9.17, 15) is 4.79 Å². The molecule has 0 aliphatic carbocycles. The molecule has 3 nitrogen and oxygen atoms in total. The fourth-order valence-electron chi connectivity index (χ4n) is 1.25. The molecule has 0 radical (unpaired) electrons. The van der Waals surface area contributed by atoms with Crippen molar-refractivity contribution in [1.82, 2.24) is 0 Å². The zero-order valence-corrected chi connectivity index (χ0v) is 9.38. The Bertz CT molecular complexity index is 352. The summed E-state index contributed by atoms with van der Waals surface area (Å²) in [6.45, 7) is 2.67. The molecule has 0 bridgehead atoms. The quantitative estimate of drug-likeness (QED) is 0.801. The van der Waals surface area contributed by atoms with Crippen LogP contribution < -0.4 is 5.73 Å². The Labute approximate surface area is 94.2 Å². The summed E-state index contributed by atoms with van der Waals surface area (Å²) < 4.78 is 4.86. The zero-order valence-electron chi connectivity index (χ0n) is 8.63. The molecule has 4 heteroatoms. The summed E-state index contributed by atoms with van der Waals surface area (Å²) in [5, 5.41) is 0.561. The van der Waals surface area contributed by atoms with Gasteiger partial charge in [0.15, 0.2) is 0 Å². The Morgan fingerprint density at radius 3 is 2.80 bits per heavy atom. The van der Waals surface area contributed by atoms with E-state index < -0.39 is 0 Å². The summed E-state index contributed by atoms with van der Waals surface area (Å²) >= 11 is 5.99. The van der Waals surface area contributed by atoms with E-state index in [1.54, 1.807) is 25.1 Å². The van der Waals surface area contributed by atoms with E-state index in [0.717, 1.165) is 5.56 Å². The third-order valence-corrected chi connectivity index (χ3v) is 2.33. The standard InChI is InChI=1S/C11H14ClNO2/c1-2-15-11(14)9-4-3-8(5-6-13)10(12)7-9/h3-4,7H,2,5-6,13H2,1H3. The summed E-state index contributed by atoms with van der Waals surface area (Å²) in [6, 6.07) is 5.13. The van der Waals surface area contributed by atoms with Crippen LogP contribution in [0.4, 0.5) is 0 Å². The molecule has 0 spiro atoms. The van der Waals surface area contributed by atoms with Gasteiger partial charge in [-0.05, 0) is 37.6 Å². The van der Waals surface area contributed by atoms with Crippen molar-refractivity contribution in [2.75, 3.05) is 13.2 Å². The van der Waals surface area contributed by atoms with Crippen molar-refractivity contribution < 1.29 is 9.53 Å². The molecular formula is C11H14ClNO2. The SMILES string of the molecule is CCOC(=O)c1ccc(CCN)c(Cl)c1. The Balaban J connectivity index is 2.86. The predicted molar refractivity (Wildman–Crippen MR) is 60.2 cm³/mol. The lowest BCUT2D eigenvalue weighted by molar-refractivity contribution is 0.0526. The van der Waals surface area contributed by atoms with Crippen molar-refractivity contribution in [2.24, 2.45) is 5.73 Å². The molecule has 0 fully saturated rings. The number of ether oxygens (including phenoxy) is 1. The van der Waals surface area contributed by atoms with Gasteiger partial charge in [0.1, 0.15) is 0 Å². The van der Waals surface area contributed by atoms with E-state index in [1.165, 1.54) is 0 Å². The van der Waals surface area contributed by atoms with Gasteiger partial charge in [-0.25, -0.2) is 4.79 Å². The molecule has 1 rings (SSSR count). The van der Waals surface area contributed by atoms with E-state index in [2.05, 4.69) is 0 Å². The third-order valence-electron chi connectivity index (χ3n) is 1.98. The van der Waals surface area contributed by atoms with E-state index in [-0.39, 0.29) is 5.97 Å². The topological polar surface area (TPSA) is 52.3 Å². The van der Waals surface area contributed by atoms with Gasteiger partial charge in [-0.1, -0.05) is 17.7 Å². The molecule has 0 amide bonds. The number of hydrogen-bond acceptors (Lipinski definition) is 3. The van der Waals surface area contributed by atoms with Crippen LogP contribution in [-0.2, 0) is 11.2 Å². The molecule has 0 heterocycles. The van der Waals surface area contributed by atoms with Crippen molar-refractivity contribution in [2.45, 2.75) is 13.3 Å². The van der Waals surface area contributed by atoms with Crippen LogP contribution in [0.3, 0.4) is 0 Å². The molecule has 1 aromatic carbocycles. The van der Waals surface area contributed by atoms with Crippen molar-refractivity contribution in [3.05, 3.63) is 34.3 Å². The molecule has 0 unspecified atom stereocenters. The highest BCUT2D eigenvalue weighted by Gasteiger charge is 2.08. The van der Waals surface area contributed by atoms with Gasteiger partial charge >= 0.3 is 5.97 Å². The van der Waals surface area contributed by atoms with Gasteiger partial charge in [0, 0.05) is 5.02 Å². The maximum absolute atomic E-state index is 11.4. The lowest BCUT2D eigenvalue weighted by atomic mass is 10.1. The van der Waals surface area contributed by atoms with Crippen LogP contribution in [0.1, 0.15) is 22.8 Å². The largest absolute Gasteiger partial charge is 0.462 e. The second-order valence-electron chi connectivity index (χ2n) is 3.07. The van der Waals surface area contributed by atoms with Gasteiger partial charge in [0.25, 0.3) is 0 Å². The summed E-state index contributed by atoms with van der Waals surface area (Å²) in [7, 11) is 0. The van der Waals surface area contributed by atoms with Crippen LogP contribution in [0.15, 0.2) is 18.2 Å². The van der Waals surface area contributed by atoms with Gasteiger partial charge in [0.05, 0.1) is 12.2 Å². The Morgan fingerprint density at radius 2 is 2.27 bits per heavy atom. The van der Waals surface area contributed by atoms with Crippen molar-refractivity contribution in [3.8, 4) is 0 Å². The molecule has 0 aromatic heterocycles. The Morgan fingerprint density at radius 1 is 1.53 bits per heavy atom. The second-order valence-corrected chi connectivity index (χ2v) is 3.47. The molecule has 2 N–H and O–H groups in total. The number of carbonyl (C=O) groups excluding carboxylic acids is 1. The van der Waals surface area contributed by atoms with E-state index in [4.69, 9.17) is 22.1 Å². The number of hydrogen-bond donors (Lipinski definition) is 1. The Hall–Kier alpha value is -1.06. The average molecular weight is 228 g/mol. The third kappa shape index (κ3) is 3.22. The fourth-order valence-corrected chi connectivity index (χ4v) is 1.52. The van der Waals surface area contributed by atoms with Gasteiger partial charge < -0.3 is 10.5 Å². The number of carbonyl (C=O) groups is 1. The first-order valence-corrected chi connectivity index (χ1v) is 5.22. The lowest BCUT2D eigenvalue weighted by Gasteiger charge is -2.05. The molecule has 0 saturated carbocycles. The van der Waals surface area contributed by atoms with Crippen LogP contribution in [0.5, 0.6) is 0 Å². The fraction of sp³-hybridized carbons (Fsp3) is 0.364. The monoisotopic (exact) mass is 227 g/mol. The lowest BCUT2D eigenvalue weighted by Crippen LogP contribution is -2.06. The van der Waals surface area contributed by atoms with Crippen LogP contribution in [0.2, 0.25) is 5.02 Å². The molecular weight excluding hydrogens is 214 g/mol. The minimum atomic E-state index is -0.348. The molecule has 82 valence electrons. The van der Waals surface area contributed by atoms with Gasteiger partial charge in [-0.15, -0.1) is 0 Å². The van der Waals surface area contributed by atoms with E-state index in [0.29, 0.717) is 30.2 Å². The van der Waals surface area contributed by atoms with Crippen molar-refractivity contribution in [1.29, 1.82) is 0 Å². The normalized spacial score (nSPS) is 10.1. The summed E-state index contributed by atoms with van der Waals surface area (Å²) in [5.41, 5.74) is 6.85. The Kier molecular flexibility index (Phi) is 4.59. The van der Waals surface area contributed by atoms with Crippen LogP contribution in [0, 0.1) is 0 Å². The zero-order chi connectivity index (χ0) is 11.3. The minimum absolute atomic E-state index is 0.348. The van der Waals surface area contributed by atoms with Gasteiger partial charge in [-0.3, -0.25) is 0 Å². The maximum Gasteiger partial charge on any atom is 0.338 e. The number of nitrogens with two attached hydrogens (primary N) is 1. The van der Waals surface area contributed by atoms with Crippen LogP contribution in [-0.4, -0.2) is 19.1 Å². The first-order valence-electron chi connectivity index (χ1n) is 4.84. The van der Waals surface area contributed by atoms with Crippen molar-refractivity contribution >= 4 is 17.6 Å². The highest BCUT2D eigenvalue weighted by atomic mass is 35.5. The number of rotatable bonds is 4. The highest BCUT2D eigenvalue weighted by molar-refractivity contribution is 6.31.